The number of nitrogens with two attached hydrogens (primary N) is 1. The van der Waals surface area contributed by atoms with Crippen molar-refractivity contribution in [1.82, 2.24) is 5.32 Å². The second-order valence-corrected chi connectivity index (χ2v) is 5.54. The van der Waals surface area contributed by atoms with Gasteiger partial charge in [0.2, 0.25) is 0 Å². The lowest BCUT2D eigenvalue weighted by molar-refractivity contribution is 0.333. The fraction of sp³-hybridized carbons (Fsp3) is 0.429. The third-order valence-corrected chi connectivity index (χ3v) is 3.98. The van der Waals surface area contributed by atoms with Crippen molar-refractivity contribution in [3.05, 3.63) is 23.8 Å². The van der Waals surface area contributed by atoms with E-state index in [0.717, 1.165) is 23.0 Å². The zero-order chi connectivity index (χ0) is 12.3. The maximum atomic E-state index is 6.00. The van der Waals surface area contributed by atoms with Gasteiger partial charge >= 0.3 is 0 Å². The first-order valence-electron chi connectivity index (χ1n) is 5.96. The molecule has 0 aliphatic carbocycles. The monoisotopic (exact) mass is 246 g/mol. The van der Waals surface area contributed by atoms with E-state index in [1.54, 1.807) is 0 Å². The molecule has 0 saturated carbocycles. The van der Waals surface area contributed by atoms with Crippen LogP contribution in [-0.2, 0) is 0 Å². The van der Waals surface area contributed by atoms with E-state index in [1.807, 2.05) is 12.1 Å². The maximum Gasteiger partial charge on any atom is 0.0465 e. The van der Waals surface area contributed by atoms with Crippen molar-refractivity contribution in [2.24, 2.45) is 5.92 Å². The minimum atomic E-state index is 0.443. The standard InChI is InChI=1S/C14H18N2S/c1-3-17-14-7-5-11(8-12(14)15)13-6-4-10(2)9-16-13/h1,5,7-8,10,13,16H,4,6,9,15H2,2H3/t10-,13+/m0/s1. The van der Waals surface area contributed by atoms with Crippen LogP contribution in [0.1, 0.15) is 31.4 Å². The van der Waals surface area contributed by atoms with Gasteiger partial charge in [0.05, 0.1) is 0 Å². The van der Waals surface area contributed by atoms with Gasteiger partial charge in [0.15, 0.2) is 0 Å². The van der Waals surface area contributed by atoms with E-state index >= 15 is 0 Å². The highest BCUT2D eigenvalue weighted by Crippen LogP contribution is 2.30. The molecule has 0 radical (unpaired) electrons. The highest BCUT2D eigenvalue weighted by atomic mass is 32.2. The molecular weight excluding hydrogens is 228 g/mol. The largest absolute Gasteiger partial charge is 0.398 e. The molecule has 1 heterocycles. The number of piperidine rings is 1. The van der Waals surface area contributed by atoms with Gasteiger partial charge in [-0.1, -0.05) is 13.0 Å². The Bertz CT molecular complexity index is 428. The normalized spacial score (nSPS) is 24.2. The number of anilines is 1. The van der Waals surface area contributed by atoms with Gasteiger partial charge in [0, 0.05) is 16.6 Å². The summed E-state index contributed by atoms with van der Waals surface area (Å²) < 4.78 is 0. The van der Waals surface area contributed by atoms with Gasteiger partial charge in [-0.3, -0.25) is 0 Å². The predicted molar refractivity (Wildman–Crippen MR) is 74.7 cm³/mol. The van der Waals surface area contributed by atoms with Crippen LogP contribution in [0.4, 0.5) is 5.69 Å². The van der Waals surface area contributed by atoms with Gasteiger partial charge in [-0.2, -0.15) is 0 Å². The van der Waals surface area contributed by atoms with E-state index in [2.05, 4.69) is 23.6 Å². The van der Waals surface area contributed by atoms with Crippen LogP contribution in [0.15, 0.2) is 23.1 Å². The van der Waals surface area contributed by atoms with Gasteiger partial charge in [-0.15, -0.1) is 6.42 Å². The smallest absolute Gasteiger partial charge is 0.0465 e. The summed E-state index contributed by atoms with van der Waals surface area (Å²) in [6, 6.07) is 6.64. The lowest BCUT2D eigenvalue weighted by Gasteiger charge is -2.28. The average Bonchev–Trinajstić information content (AvgIpc) is 2.33. The van der Waals surface area contributed by atoms with Crippen molar-refractivity contribution in [3.8, 4) is 11.7 Å². The molecule has 3 heteroatoms. The molecule has 0 unspecified atom stereocenters. The molecule has 0 aromatic heterocycles. The predicted octanol–water partition coefficient (Wildman–Crippen LogP) is 3.01. The maximum absolute atomic E-state index is 6.00. The minimum absolute atomic E-state index is 0.443. The first kappa shape index (κ1) is 12.3. The average molecular weight is 246 g/mol. The SMILES string of the molecule is C#CSc1ccc([C@H]2CC[C@H](C)CN2)cc1N. The molecule has 1 aromatic rings. The molecule has 0 spiro atoms. The first-order valence-corrected chi connectivity index (χ1v) is 6.77. The number of benzene rings is 1. The Hall–Kier alpha value is -1.11. The summed E-state index contributed by atoms with van der Waals surface area (Å²) in [5, 5.41) is 6.11. The van der Waals surface area contributed by atoms with Gasteiger partial charge in [0.1, 0.15) is 0 Å². The lowest BCUT2D eigenvalue weighted by atomic mass is 9.92. The summed E-state index contributed by atoms with van der Waals surface area (Å²) in [4.78, 5) is 0.973. The molecule has 2 atom stereocenters. The second-order valence-electron chi connectivity index (χ2n) is 4.66. The van der Waals surface area contributed by atoms with E-state index in [1.165, 1.54) is 30.2 Å². The Balaban J connectivity index is 2.12. The minimum Gasteiger partial charge on any atom is -0.398 e. The van der Waals surface area contributed by atoms with Crippen molar-refractivity contribution in [2.75, 3.05) is 12.3 Å². The second kappa shape index (κ2) is 5.48. The molecule has 0 bridgehead atoms. The van der Waals surface area contributed by atoms with Crippen molar-refractivity contribution in [3.63, 3.8) is 0 Å². The van der Waals surface area contributed by atoms with Crippen molar-refractivity contribution >= 4 is 17.4 Å². The summed E-state index contributed by atoms with van der Waals surface area (Å²) in [7, 11) is 0. The first-order chi connectivity index (χ1) is 8.20. The number of thioether (sulfide) groups is 1. The number of nitrogens with one attached hydrogen (secondary N) is 1. The summed E-state index contributed by atoms with van der Waals surface area (Å²) in [6.45, 7) is 3.37. The molecule has 1 fully saturated rings. The molecule has 1 saturated heterocycles. The highest BCUT2D eigenvalue weighted by molar-refractivity contribution is 8.04. The molecular formula is C14H18N2S. The van der Waals surface area contributed by atoms with Gasteiger partial charge in [-0.05, 0) is 60.0 Å². The molecule has 3 N–H and O–H groups in total. The van der Waals surface area contributed by atoms with E-state index in [9.17, 15) is 0 Å². The summed E-state index contributed by atoms with van der Waals surface area (Å²) in [6.07, 6.45) is 7.73. The molecule has 2 nitrogen and oxygen atoms in total. The van der Waals surface area contributed by atoms with Crippen LogP contribution in [0.3, 0.4) is 0 Å². The van der Waals surface area contributed by atoms with Crippen molar-refractivity contribution < 1.29 is 0 Å². The summed E-state index contributed by atoms with van der Waals surface area (Å²) in [5.74, 6) is 0.778. The van der Waals surface area contributed by atoms with Crippen LogP contribution >= 0.6 is 11.8 Å². The molecule has 1 aliphatic heterocycles. The Labute approximate surface area is 107 Å². The quantitative estimate of drug-likeness (QED) is 0.478. The third-order valence-electron chi connectivity index (χ3n) is 3.27. The third kappa shape index (κ3) is 2.96. The lowest BCUT2D eigenvalue weighted by Crippen LogP contribution is -2.31. The van der Waals surface area contributed by atoms with Crippen LogP contribution in [0.5, 0.6) is 0 Å². The fourth-order valence-electron chi connectivity index (χ4n) is 2.22. The van der Waals surface area contributed by atoms with Crippen LogP contribution in [0.2, 0.25) is 0 Å². The molecule has 0 amide bonds. The van der Waals surface area contributed by atoms with Crippen molar-refractivity contribution in [2.45, 2.75) is 30.7 Å². The number of rotatable bonds is 2. The van der Waals surface area contributed by atoms with Crippen LogP contribution in [0, 0.1) is 17.6 Å². The van der Waals surface area contributed by atoms with Crippen LogP contribution < -0.4 is 11.1 Å². The van der Waals surface area contributed by atoms with Crippen molar-refractivity contribution in [1.29, 1.82) is 0 Å². The molecule has 90 valence electrons. The zero-order valence-electron chi connectivity index (χ0n) is 10.1. The van der Waals surface area contributed by atoms with Gasteiger partial charge in [-0.25, -0.2) is 0 Å². The summed E-state index contributed by atoms with van der Waals surface area (Å²) >= 11 is 1.34. The van der Waals surface area contributed by atoms with E-state index in [0.29, 0.717) is 6.04 Å². The number of terminal acetylenes is 1. The zero-order valence-corrected chi connectivity index (χ0v) is 10.9. The fourth-order valence-corrected chi connectivity index (χ4v) is 2.66. The summed E-state index contributed by atoms with van der Waals surface area (Å²) in [5.41, 5.74) is 8.05. The van der Waals surface area contributed by atoms with E-state index in [4.69, 9.17) is 12.2 Å². The topological polar surface area (TPSA) is 38.0 Å². The Kier molecular flexibility index (Phi) is 3.98. The van der Waals surface area contributed by atoms with E-state index in [-0.39, 0.29) is 0 Å². The number of hydrogen-bond acceptors (Lipinski definition) is 3. The Morgan fingerprint density at radius 3 is 2.88 bits per heavy atom. The van der Waals surface area contributed by atoms with Gasteiger partial charge < -0.3 is 11.1 Å². The number of hydrogen-bond donors (Lipinski definition) is 2. The Morgan fingerprint density at radius 2 is 2.29 bits per heavy atom. The highest BCUT2D eigenvalue weighted by Gasteiger charge is 2.19. The van der Waals surface area contributed by atoms with Crippen LogP contribution in [0.25, 0.3) is 0 Å². The van der Waals surface area contributed by atoms with Gasteiger partial charge in [0.25, 0.3) is 0 Å². The molecule has 17 heavy (non-hydrogen) atoms. The van der Waals surface area contributed by atoms with Crippen LogP contribution in [-0.4, -0.2) is 6.54 Å². The molecule has 2 rings (SSSR count). The molecule has 1 aromatic carbocycles. The van der Waals surface area contributed by atoms with E-state index < -0.39 is 0 Å². The number of nitrogen functional groups attached to an aromatic ring is 1. The molecule has 1 aliphatic rings. The Morgan fingerprint density at radius 1 is 1.47 bits per heavy atom.